The first kappa shape index (κ1) is 17.1. The molecule has 0 spiro atoms. The lowest BCUT2D eigenvalue weighted by Crippen LogP contribution is -2.30. The number of halogens is 2. The molecule has 8 heteroatoms. The second kappa shape index (κ2) is 7.29. The molecule has 1 amide bonds. The van der Waals surface area contributed by atoms with Crippen molar-refractivity contribution < 1.29 is 27.5 Å². The summed E-state index contributed by atoms with van der Waals surface area (Å²) in [6, 6.07) is 8.11. The second-order valence-corrected chi connectivity index (χ2v) is 8.67. The summed E-state index contributed by atoms with van der Waals surface area (Å²) in [6.45, 7) is -5.89. The topological polar surface area (TPSA) is 67.6 Å². The Bertz CT molecular complexity index is 1450. The Labute approximate surface area is 193 Å². The van der Waals surface area contributed by atoms with Crippen molar-refractivity contribution in [1.29, 1.82) is 0 Å². The lowest BCUT2D eigenvalue weighted by molar-refractivity contribution is -0.0507. The number of benzene rings is 2. The van der Waals surface area contributed by atoms with Crippen molar-refractivity contribution in [3.05, 3.63) is 58.9 Å². The van der Waals surface area contributed by atoms with Crippen LogP contribution in [-0.2, 0) is 0 Å². The highest BCUT2D eigenvalue weighted by molar-refractivity contribution is 5.97. The van der Waals surface area contributed by atoms with Crippen molar-refractivity contribution in [3.63, 3.8) is 0 Å². The molecule has 0 saturated heterocycles. The van der Waals surface area contributed by atoms with E-state index in [1.807, 2.05) is 16.7 Å². The Morgan fingerprint density at radius 3 is 2.85 bits per heavy atom. The number of nitrogens with zero attached hydrogens (tertiary/aromatic N) is 3. The minimum absolute atomic E-state index is 0.0174. The third-order valence-corrected chi connectivity index (χ3v) is 6.68. The van der Waals surface area contributed by atoms with E-state index in [1.165, 1.54) is 18.2 Å². The monoisotopic (exact) mass is 452 g/mol. The first-order valence-corrected chi connectivity index (χ1v) is 10.7. The quantitative estimate of drug-likeness (QED) is 0.600. The number of alkyl halides is 2. The van der Waals surface area contributed by atoms with E-state index >= 15 is 0 Å². The van der Waals surface area contributed by atoms with E-state index in [0.717, 1.165) is 4.90 Å². The average molecular weight is 452 g/mol. The molecule has 6 rings (SSSR count). The van der Waals surface area contributed by atoms with Crippen LogP contribution in [0.15, 0.2) is 36.4 Å². The number of ether oxygens (including phenoxy) is 1. The maximum Gasteiger partial charge on any atom is 0.387 e. The molecule has 1 aromatic heterocycles. The van der Waals surface area contributed by atoms with Crippen molar-refractivity contribution in [2.24, 2.45) is 5.92 Å². The molecule has 2 bridgehead atoms. The van der Waals surface area contributed by atoms with Crippen molar-refractivity contribution >= 4 is 16.9 Å². The fourth-order valence-electron chi connectivity index (χ4n) is 5.08. The third-order valence-electron chi connectivity index (χ3n) is 6.68. The Morgan fingerprint density at radius 2 is 2.09 bits per heavy atom. The van der Waals surface area contributed by atoms with Crippen molar-refractivity contribution in [2.75, 3.05) is 6.98 Å². The van der Waals surface area contributed by atoms with Gasteiger partial charge in [-0.05, 0) is 43.2 Å². The minimum Gasteiger partial charge on any atom is -0.434 e. The van der Waals surface area contributed by atoms with Crippen LogP contribution in [0.2, 0.25) is 0 Å². The summed E-state index contributed by atoms with van der Waals surface area (Å²) < 4.78 is 57.4. The average Bonchev–Trinajstić information content (AvgIpc) is 3.27. The Morgan fingerprint density at radius 1 is 1.24 bits per heavy atom. The molecule has 168 valence electrons. The number of rotatable bonds is 2. The number of imidazole rings is 1. The Hall–Kier alpha value is -3.44. The van der Waals surface area contributed by atoms with Gasteiger partial charge in [0.25, 0.3) is 5.91 Å². The molecule has 3 heterocycles. The SMILES string of the molecule is [2H]C([2H])([2H])N1C(=O)c2cccc(OC(F)F)c2[C@H]2C[C@@H]1c1nc3ccc(C#CC4CC(O)C4)cc3n12. The van der Waals surface area contributed by atoms with E-state index in [-0.39, 0.29) is 35.3 Å². The fraction of sp³-hybridized carbons (Fsp3) is 0.360. The van der Waals surface area contributed by atoms with Crippen LogP contribution in [0.1, 0.15) is 62.8 Å². The normalized spacial score (nSPS) is 27.0. The summed E-state index contributed by atoms with van der Waals surface area (Å²) in [5, 5.41) is 9.49. The molecule has 33 heavy (non-hydrogen) atoms. The van der Waals surface area contributed by atoms with Gasteiger partial charge in [-0.1, -0.05) is 17.9 Å². The van der Waals surface area contributed by atoms with E-state index in [1.54, 1.807) is 6.07 Å². The smallest absolute Gasteiger partial charge is 0.387 e. The van der Waals surface area contributed by atoms with Gasteiger partial charge in [0.05, 0.1) is 29.2 Å². The van der Waals surface area contributed by atoms with Gasteiger partial charge in [-0.15, -0.1) is 0 Å². The fourth-order valence-corrected chi connectivity index (χ4v) is 5.08. The van der Waals surface area contributed by atoms with Crippen molar-refractivity contribution in [2.45, 2.75) is 44.1 Å². The maximum absolute atomic E-state index is 13.4. The zero-order valence-electron chi connectivity index (χ0n) is 20.3. The molecule has 1 N–H and O–H groups in total. The summed E-state index contributed by atoms with van der Waals surface area (Å²) in [5.74, 6) is 5.86. The van der Waals surface area contributed by atoms with Crippen LogP contribution in [-0.4, -0.2) is 45.2 Å². The number of amides is 1. The van der Waals surface area contributed by atoms with E-state index in [2.05, 4.69) is 16.8 Å². The molecule has 0 unspecified atom stereocenters. The summed E-state index contributed by atoms with van der Waals surface area (Å²) >= 11 is 0. The standard InChI is InChI=1S/C25H21F2N3O3/c1-29-20-12-19(22-16(24(29)32)3-2-4-21(22)33-25(26)27)30-18-11-13(5-6-14-9-15(31)10-14)7-8-17(18)28-23(20)30/h2-4,7-8,11,14-15,19-20,25,31H,9-10,12H2,1H3/t14?,15?,19-,20-/m1/s1/i1D3. The third kappa shape index (κ3) is 3.10. The largest absolute Gasteiger partial charge is 0.434 e. The highest BCUT2D eigenvalue weighted by atomic mass is 19.3. The van der Waals surface area contributed by atoms with Crippen LogP contribution >= 0.6 is 0 Å². The number of carbonyl (C=O) groups is 1. The van der Waals surface area contributed by atoms with E-state index in [0.29, 0.717) is 35.3 Å². The van der Waals surface area contributed by atoms with Crippen LogP contribution in [0.4, 0.5) is 8.78 Å². The van der Waals surface area contributed by atoms with Crippen LogP contribution in [0.25, 0.3) is 11.0 Å². The molecule has 6 nitrogen and oxygen atoms in total. The molecule has 1 fully saturated rings. The molecule has 3 aliphatic rings. The molecule has 1 saturated carbocycles. The van der Waals surface area contributed by atoms with Gasteiger partial charge in [0.1, 0.15) is 11.6 Å². The predicted octanol–water partition coefficient (Wildman–Crippen LogP) is 3.88. The molecule has 2 aliphatic heterocycles. The number of carbonyl (C=O) groups excluding carboxylic acids is 1. The van der Waals surface area contributed by atoms with Gasteiger partial charge in [0.2, 0.25) is 0 Å². The highest BCUT2D eigenvalue weighted by Gasteiger charge is 2.45. The summed E-state index contributed by atoms with van der Waals surface area (Å²) in [7, 11) is 0. The molecular formula is C25H21F2N3O3. The molecule has 2 atom stereocenters. The number of aliphatic hydroxyl groups excluding tert-OH is 1. The predicted molar refractivity (Wildman–Crippen MR) is 116 cm³/mol. The van der Waals surface area contributed by atoms with Gasteiger partial charge in [0.15, 0.2) is 0 Å². The van der Waals surface area contributed by atoms with Gasteiger partial charge in [0, 0.05) is 40.1 Å². The van der Waals surface area contributed by atoms with Crippen molar-refractivity contribution in [1.82, 2.24) is 14.5 Å². The van der Waals surface area contributed by atoms with Gasteiger partial charge in [-0.25, -0.2) is 4.98 Å². The summed E-state index contributed by atoms with van der Waals surface area (Å²) in [4.78, 5) is 18.9. The lowest BCUT2D eigenvalue weighted by Gasteiger charge is -2.26. The zero-order valence-corrected chi connectivity index (χ0v) is 17.3. The van der Waals surface area contributed by atoms with Crippen LogP contribution in [0.5, 0.6) is 5.75 Å². The summed E-state index contributed by atoms with van der Waals surface area (Å²) in [5.41, 5.74) is 2.20. The first-order chi connectivity index (χ1) is 17.1. The number of fused-ring (bicyclic) bond motifs is 9. The number of aromatic nitrogens is 2. The van der Waals surface area contributed by atoms with E-state index < -0.39 is 31.6 Å². The Kier molecular flexibility index (Phi) is 3.77. The van der Waals surface area contributed by atoms with Gasteiger partial charge in [-0.2, -0.15) is 8.78 Å². The number of aliphatic hydroxyl groups is 1. The van der Waals surface area contributed by atoms with Crippen molar-refractivity contribution in [3.8, 4) is 17.6 Å². The molecular weight excluding hydrogens is 428 g/mol. The molecule has 0 radical (unpaired) electrons. The van der Waals surface area contributed by atoms with Gasteiger partial charge >= 0.3 is 6.61 Å². The minimum atomic E-state index is -3.11. The van der Waals surface area contributed by atoms with Gasteiger partial charge in [-0.3, -0.25) is 4.79 Å². The van der Waals surface area contributed by atoms with Gasteiger partial charge < -0.3 is 19.3 Å². The lowest BCUT2D eigenvalue weighted by atomic mass is 9.83. The van der Waals surface area contributed by atoms with E-state index in [9.17, 15) is 18.7 Å². The number of hydrogen-bond donors (Lipinski definition) is 1. The number of hydrogen-bond acceptors (Lipinski definition) is 4. The maximum atomic E-state index is 13.4. The first-order valence-electron chi connectivity index (χ1n) is 12.2. The Balaban J connectivity index is 1.55. The summed E-state index contributed by atoms with van der Waals surface area (Å²) in [6.07, 6.45) is 1.14. The second-order valence-electron chi connectivity index (χ2n) is 8.67. The van der Waals surface area contributed by atoms with Crippen LogP contribution in [0.3, 0.4) is 0 Å². The molecule has 1 aliphatic carbocycles. The highest BCUT2D eigenvalue weighted by Crippen LogP contribution is 2.49. The molecule has 3 aromatic rings. The zero-order chi connectivity index (χ0) is 25.4. The van der Waals surface area contributed by atoms with E-state index in [4.69, 9.17) is 8.85 Å². The van der Waals surface area contributed by atoms with Crippen LogP contribution < -0.4 is 4.74 Å². The van der Waals surface area contributed by atoms with Crippen LogP contribution in [0, 0.1) is 17.8 Å². The molecule has 2 aromatic carbocycles.